The molecule has 0 radical (unpaired) electrons. The molecule has 0 aliphatic carbocycles. The SMILES string of the molecule is C=CCCCCCCCC(C)C1O[C@H](CO)[C@@H](OC)[C@@H]1OC. The molecule has 0 bridgehead atoms. The molecule has 4 nitrogen and oxygen atoms in total. The summed E-state index contributed by atoms with van der Waals surface area (Å²) in [6, 6.07) is 0. The predicted molar refractivity (Wildman–Crippen MR) is 89.0 cm³/mol. The molecule has 1 aliphatic rings. The number of ether oxygens (including phenoxy) is 3. The highest BCUT2D eigenvalue weighted by molar-refractivity contribution is 4.94. The first kappa shape index (κ1) is 19.6. The zero-order valence-electron chi connectivity index (χ0n) is 14.5. The minimum absolute atomic E-state index is 0.00728. The van der Waals surface area contributed by atoms with E-state index in [0.29, 0.717) is 5.92 Å². The van der Waals surface area contributed by atoms with Gasteiger partial charge in [-0.3, -0.25) is 0 Å². The van der Waals surface area contributed by atoms with Crippen LogP contribution in [0.5, 0.6) is 0 Å². The fourth-order valence-electron chi connectivity index (χ4n) is 3.36. The molecule has 1 rings (SSSR count). The molecule has 2 unspecified atom stereocenters. The maximum Gasteiger partial charge on any atom is 0.114 e. The van der Waals surface area contributed by atoms with Gasteiger partial charge in [0.15, 0.2) is 0 Å². The van der Waals surface area contributed by atoms with E-state index in [1.54, 1.807) is 14.2 Å². The number of aliphatic hydroxyl groups is 1. The van der Waals surface area contributed by atoms with Crippen LogP contribution in [0.3, 0.4) is 0 Å². The second-order valence-corrected chi connectivity index (χ2v) is 6.33. The van der Waals surface area contributed by atoms with Gasteiger partial charge < -0.3 is 19.3 Å². The molecular weight excluding hydrogens is 280 g/mol. The maximum absolute atomic E-state index is 9.43. The Labute approximate surface area is 135 Å². The van der Waals surface area contributed by atoms with Crippen molar-refractivity contribution in [2.45, 2.75) is 76.3 Å². The minimum atomic E-state index is -0.277. The molecule has 0 aromatic carbocycles. The number of hydrogen-bond acceptors (Lipinski definition) is 4. The molecule has 4 heteroatoms. The number of methoxy groups -OCH3 is 2. The first-order valence-electron chi connectivity index (χ1n) is 8.62. The lowest BCUT2D eigenvalue weighted by Crippen LogP contribution is -2.39. The van der Waals surface area contributed by atoms with Crippen LogP contribution in [0.4, 0.5) is 0 Å². The highest BCUT2D eigenvalue weighted by Crippen LogP contribution is 2.32. The van der Waals surface area contributed by atoms with E-state index in [-0.39, 0.29) is 31.0 Å². The summed E-state index contributed by atoms with van der Waals surface area (Å²) in [7, 11) is 3.35. The van der Waals surface area contributed by atoms with Crippen LogP contribution in [0, 0.1) is 5.92 Å². The van der Waals surface area contributed by atoms with E-state index in [1.165, 1.54) is 32.1 Å². The maximum atomic E-state index is 9.43. The summed E-state index contributed by atoms with van der Waals surface area (Å²) in [5.74, 6) is 0.410. The van der Waals surface area contributed by atoms with Crippen LogP contribution in [0.2, 0.25) is 0 Å². The fraction of sp³-hybridized carbons (Fsp3) is 0.889. The third kappa shape index (κ3) is 5.65. The van der Waals surface area contributed by atoms with Gasteiger partial charge >= 0.3 is 0 Å². The van der Waals surface area contributed by atoms with Crippen LogP contribution < -0.4 is 0 Å². The van der Waals surface area contributed by atoms with E-state index in [0.717, 1.165) is 12.8 Å². The molecule has 130 valence electrons. The summed E-state index contributed by atoms with van der Waals surface area (Å²) in [5, 5.41) is 9.43. The lowest BCUT2D eigenvalue weighted by Gasteiger charge is -2.25. The van der Waals surface area contributed by atoms with Gasteiger partial charge in [-0.25, -0.2) is 0 Å². The second-order valence-electron chi connectivity index (χ2n) is 6.33. The second kappa shape index (κ2) is 11.2. The first-order chi connectivity index (χ1) is 10.7. The van der Waals surface area contributed by atoms with Crippen molar-refractivity contribution in [1.82, 2.24) is 0 Å². The quantitative estimate of drug-likeness (QED) is 0.443. The van der Waals surface area contributed by atoms with Gasteiger partial charge in [-0.1, -0.05) is 38.7 Å². The van der Waals surface area contributed by atoms with Crippen LogP contribution in [-0.4, -0.2) is 50.3 Å². The molecular formula is C18H34O4. The van der Waals surface area contributed by atoms with E-state index >= 15 is 0 Å². The summed E-state index contributed by atoms with van der Waals surface area (Å²) in [6.07, 6.45) is 10.0. The van der Waals surface area contributed by atoms with E-state index in [1.807, 2.05) is 6.08 Å². The summed E-state index contributed by atoms with van der Waals surface area (Å²) in [5.41, 5.74) is 0. The largest absolute Gasteiger partial charge is 0.394 e. The van der Waals surface area contributed by atoms with Gasteiger partial charge in [0, 0.05) is 14.2 Å². The molecule has 1 N–H and O–H groups in total. The normalized spacial score (nSPS) is 29.6. The third-order valence-electron chi connectivity index (χ3n) is 4.70. The van der Waals surface area contributed by atoms with Crippen LogP contribution in [0.25, 0.3) is 0 Å². The van der Waals surface area contributed by atoms with Crippen LogP contribution >= 0.6 is 0 Å². The van der Waals surface area contributed by atoms with Crippen LogP contribution in [-0.2, 0) is 14.2 Å². The molecule has 0 aromatic rings. The van der Waals surface area contributed by atoms with Gasteiger partial charge in [-0.15, -0.1) is 6.58 Å². The smallest absolute Gasteiger partial charge is 0.114 e. The highest BCUT2D eigenvalue weighted by Gasteiger charge is 2.46. The van der Waals surface area contributed by atoms with Gasteiger partial charge in [-0.05, 0) is 25.2 Å². The lowest BCUT2D eigenvalue weighted by atomic mass is 9.92. The average molecular weight is 314 g/mol. The number of hydrogen-bond donors (Lipinski definition) is 1. The molecule has 1 aliphatic heterocycles. The molecule has 1 saturated heterocycles. The number of aliphatic hydroxyl groups excluding tert-OH is 1. The Hall–Kier alpha value is -0.420. The predicted octanol–water partition coefficient (Wildman–Crippen LogP) is 3.33. The Morgan fingerprint density at radius 2 is 1.73 bits per heavy atom. The van der Waals surface area contributed by atoms with Gasteiger partial charge in [0.05, 0.1) is 12.7 Å². The van der Waals surface area contributed by atoms with Crippen molar-refractivity contribution in [1.29, 1.82) is 0 Å². The van der Waals surface area contributed by atoms with E-state index < -0.39 is 0 Å². The molecule has 0 aromatic heterocycles. The molecule has 1 fully saturated rings. The Kier molecular flexibility index (Phi) is 9.96. The van der Waals surface area contributed by atoms with Crippen molar-refractivity contribution in [3.05, 3.63) is 12.7 Å². The van der Waals surface area contributed by atoms with Crippen molar-refractivity contribution in [3.63, 3.8) is 0 Å². The summed E-state index contributed by atoms with van der Waals surface area (Å²) >= 11 is 0. The van der Waals surface area contributed by atoms with Crippen molar-refractivity contribution >= 4 is 0 Å². The van der Waals surface area contributed by atoms with Gasteiger partial charge in [0.25, 0.3) is 0 Å². The number of unbranched alkanes of at least 4 members (excludes halogenated alkanes) is 5. The topological polar surface area (TPSA) is 47.9 Å². The summed E-state index contributed by atoms with van der Waals surface area (Å²) in [6.45, 7) is 5.94. The first-order valence-corrected chi connectivity index (χ1v) is 8.62. The molecule has 0 amide bonds. The molecule has 5 atom stereocenters. The van der Waals surface area contributed by atoms with E-state index in [9.17, 15) is 5.11 Å². The third-order valence-corrected chi connectivity index (χ3v) is 4.70. The Morgan fingerprint density at radius 3 is 2.32 bits per heavy atom. The van der Waals surface area contributed by atoms with Crippen molar-refractivity contribution in [2.75, 3.05) is 20.8 Å². The van der Waals surface area contributed by atoms with Crippen molar-refractivity contribution in [3.8, 4) is 0 Å². The van der Waals surface area contributed by atoms with Gasteiger partial charge in [0.2, 0.25) is 0 Å². The lowest BCUT2D eigenvalue weighted by molar-refractivity contribution is -0.0477. The minimum Gasteiger partial charge on any atom is -0.394 e. The monoisotopic (exact) mass is 314 g/mol. The molecule has 0 spiro atoms. The van der Waals surface area contributed by atoms with Gasteiger partial charge in [-0.2, -0.15) is 0 Å². The Morgan fingerprint density at radius 1 is 1.09 bits per heavy atom. The summed E-state index contributed by atoms with van der Waals surface area (Å²) < 4.78 is 17.0. The zero-order valence-corrected chi connectivity index (χ0v) is 14.5. The van der Waals surface area contributed by atoms with Crippen LogP contribution in [0.1, 0.15) is 51.9 Å². The number of allylic oxidation sites excluding steroid dienone is 1. The highest BCUT2D eigenvalue weighted by atomic mass is 16.6. The number of rotatable bonds is 12. The summed E-state index contributed by atoms with van der Waals surface area (Å²) in [4.78, 5) is 0. The van der Waals surface area contributed by atoms with Crippen molar-refractivity contribution in [2.24, 2.45) is 5.92 Å². The molecule has 1 heterocycles. The van der Waals surface area contributed by atoms with Crippen LogP contribution in [0.15, 0.2) is 12.7 Å². The standard InChI is InChI=1S/C18H34O4/c1-5-6-7-8-9-10-11-12-14(2)16-18(21-4)17(20-3)15(13-19)22-16/h5,14-19H,1,6-13H2,2-4H3/t14?,15-,16?,17-,18-/m1/s1. The fourth-order valence-corrected chi connectivity index (χ4v) is 3.36. The zero-order chi connectivity index (χ0) is 16.4. The van der Waals surface area contributed by atoms with Gasteiger partial charge in [0.1, 0.15) is 18.3 Å². The van der Waals surface area contributed by atoms with E-state index in [4.69, 9.17) is 14.2 Å². The molecule has 22 heavy (non-hydrogen) atoms. The average Bonchev–Trinajstić information content (AvgIpc) is 2.91. The Bertz CT molecular complexity index is 295. The van der Waals surface area contributed by atoms with E-state index in [2.05, 4.69) is 13.5 Å². The molecule has 0 saturated carbocycles. The Balaban J connectivity index is 2.31. The van der Waals surface area contributed by atoms with Crippen molar-refractivity contribution < 1.29 is 19.3 Å².